The van der Waals surface area contributed by atoms with Crippen molar-refractivity contribution in [1.82, 2.24) is 24.2 Å². The first-order valence-corrected chi connectivity index (χ1v) is 11.2. The summed E-state index contributed by atoms with van der Waals surface area (Å²) in [5.41, 5.74) is 5.68. The lowest BCUT2D eigenvalue weighted by atomic mass is 9.98. The number of carbonyl (C=O) groups excluding carboxylic acids is 1. The third-order valence-electron chi connectivity index (χ3n) is 6.02. The van der Waals surface area contributed by atoms with Crippen molar-refractivity contribution in [1.29, 1.82) is 0 Å². The Morgan fingerprint density at radius 2 is 1.65 bits per heavy atom. The van der Waals surface area contributed by atoms with Crippen molar-refractivity contribution in [3.8, 4) is 11.1 Å². The highest BCUT2D eigenvalue weighted by atomic mass is 16.2. The number of amides is 1. The molecule has 0 radical (unpaired) electrons. The molecule has 7 nitrogen and oxygen atoms in total. The molecule has 34 heavy (non-hydrogen) atoms. The van der Waals surface area contributed by atoms with Gasteiger partial charge in [-0.05, 0) is 40.5 Å². The van der Waals surface area contributed by atoms with Gasteiger partial charge in [-0.3, -0.25) is 18.6 Å². The Morgan fingerprint density at radius 3 is 2.41 bits per heavy atom. The molecule has 3 aromatic carbocycles. The number of aromatic nitrogens is 4. The van der Waals surface area contributed by atoms with Gasteiger partial charge in [-0.25, -0.2) is 4.79 Å². The van der Waals surface area contributed by atoms with E-state index in [0.717, 1.165) is 34.3 Å². The monoisotopic (exact) mass is 451 g/mol. The Hall–Kier alpha value is -4.39. The molecule has 0 unspecified atom stereocenters. The summed E-state index contributed by atoms with van der Waals surface area (Å²) in [6.07, 6.45) is 3.72. The summed E-state index contributed by atoms with van der Waals surface area (Å²) < 4.78 is 4.96. The van der Waals surface area contributed by atoms with Crippen LogP contribution in [0.3, 0.4) is 0 Å². The number of fused-ring (bicyclic) bond motifs is 1. The van der Waals surface area contributed by atoms with Crippen LogP contribution in [0.2, 0.25) is 0 Å². The summed E-state index contributed by atoms with van der Waals surface area (Å²) in [6.45, 7) is 1.08. The number of nitrogens with one attached hydrogen (secondary N) is 1. The minimum Gasteiger partial charge on any atom is -0.350 e. The van der Waals surface area contributed by atoms with E-state index in [2.05, 4.69) is 40.7 Å². The molecule has 0 bridgehead atoms. The van der Waals surface area contributed by atoms with Crippen molar-refractivity contribution < 1.29 is 4.79 Å². The Morgan fingerprint density at radius 1 is 0.912 bits per heavy atom. The molecule has 0 aliphatic rings. The van der Waals surface area contributed by atoms with Crippen LogP contribution >= 0.6 is 0 Å². The number of hydrogen-bond acceptors (Lipinski definition) is 3. The molecule has 1 amide bonds. The summed E-state index contributed by atoms with van der Waals surface area (Å²) in [5.74, 6) is -0.206. The zero-order valence-electron chi connectivity index (χ0n) is 18.9. The second kappa shape index (κ2) is 9.23. The van der Waals surface area contributed by atoms with Gasteiger partial charge in [0.05, 0.1) is 17.6 Å². The van der Waals surface area contributed by atoms with Crippen molar-refractivity contribution >= 4 is 16.9 Å². The van der Waals surface area contributed by atoms with Crippen molar-refractivity contribution in [3.63, 3.8) is 0 Å². The van der Waals surface area contributed by atoms with Gasteiger partial charge in [-0.1, -0.05) is 60.7 Å². The standard InChI is InChI=1S/C27H25N5O2/c1-30-24-9-4-5-10-25(24)32(27(30)34)19-26(33)28-17-22-7-2-3-8-23(22)21-13-11-20(12-14-21)18-31-16-6-15-29-31/h2-16H,17-19H2,1H3,(H,28,33). The molecule has 5 rings (SSSR count). The molecule has 0 spiro atoms. The molecule has 5 aromatic rings. The van der Waals surface area contributed by atoms with Crippen molar-refractivity contribution in [2.24, 2.45) is 7.05 Å². The van der Waals surface area contributed by atoms with Gasteiger partial charge >= 0.3 is 5.69 Å². The number of benzene rings is 3. The highest BCUT2D eigenvalue weighted by molar-refractivity contribution is 5.81. The van der Waals surface area contributed by atoms with E-state index in [0.29, 0.717) is 6.54 Å². The molecule has 0 saturated carbocycles. The van der Waals surface area contributed by atoms with Crippen LogP contribution in [-0.4, -0.2) is 24.8 Å². The van der Waals surface area contributed by atoms with Gasteiger partial charge in [-0.2, -0.15) is 5.10 Å². The number of carbonyl (C=O) groups is 1. The molecule has 1 N–H and O–H groups in total. The largest absolute Gasteiger partial charge is 0.350 e. The molecule has 2 heterocycles. The van der Waals surface area contributed by atoms with Crippen LogP contribution in [0.15, 0.2) is 96.1 Å². The molecular weight excluding hydrogens is 426 g/mol. The molecule has 0 aliphatic heterocycles. The van der Waals surface area contributed by atoms with Gasteiger partial charge in [0.15, 0.2) is 0 Å². The maximum atomic E-state index is 12.7. The summed E-state index contributed by atoms with van der Waals surface area (Å²) >= 11 is 0. The fourth-order valence-corrected chi connectivity index (χ4v) is 4.24. The summed E-state index contributed by atoms with van der Waals surface area (Å²) in [5, 5.41) is 7.23. The normalized spacial score (nSPS) is 11.1. The van der Waals surface area contributed by atoms with E-state index in [4.69, 9.17) is 0 Å². The van der Waals surface area contributed by atoms with Crippen molar-refractivity contribution in [2.75, 3.05) is 0 Å². The summed E-state index contributed by atoms with van der Waals surface area (Å²) in [4.78, 5) is 25.4. The average Bonchev–Trinajstić information content (AvgIpc) is 3.46. The molecule has 0 aliphatic carbocycles. The zero-order chi connectivity index (χ0) is 23.5. The lowest BCUT2D eigenvalue weighted by Gasteiger charge is -2.12. The van der Waals surface area contributed by atoms with Gasteiger partial charge in [0, 0.05) is 26.0 Å². The maximum Gasteiger partial charge on any atom is 0.329 e. The van der Waals surface area contributed by atoms with Gasteiger partial charge in [-0.15, -0.1) is 0 Å². The Balaban J connectivity index is 1.30. The third kappa shape index (κ3) is 4.28. The lowest BCUT2D eigenvalue weighted by molar-refractivity contribution is -0.121. The number of rotatable bonds is 7. The zero-order valence-corrected chi connectivity index (χ0v) is 18.9. The van der Waals surface area contributed by atoms with Crippen LogP contribution in [-0.2, 0) is 31.5 Å². The topological polar surface area (TPSA) is 73.8 Å². The maximum absolute atomic E-state index is 12.7. The number of para-hydroxylation sites is 2. The summed E-state index contributed by atoms with van der Waals surface area (Å²) in [7, 11) is 1.72. The van der Waals surface area contributed by atoms with Crippen molar-refractivity contribution in [2.45, 2.75) is 19.6 Å². The molecule has 0 saturated heterocycles. The van der Waals surface area contributed by atoms with Gasteiger partial charge < -0.3 is 5.32 Å². The predicted octanol–water partition coefficient (Wildman–Crippen LogP) is 3.57. The number of imidazole rings is 1. The van der Waals surface area contributed by atoms with E-state index < -0.39 is 0 Å². The van der Waals surface area contributed by atoms with Gasteiger partial charge in [0.25, 0.3) is 0 Å². The average molecular weight is 452 g/mol. The number of hydrogen-bond donors (Lipinski definition) is 1. The van der Waals surface area contributed by atoms with Crippen LogP contribution in [0.25, 0.3) is 22.2 Å². The predicted molar refractivity (Wildman–Crippen MR) is 132 cm³/mol. The number of nitrogens with zero attached hydrogens (tertiary/aromatic N) is 4. The molecule has 0 atom stereocenters. The number of aryl methyl sites for hydroxylation is 1. The quantitative estimate of drug-likeness (QED) is 0.411. The van der Waals surface area contributed by atoms with E-state index in [-0.39, 0.29) is 18.1 Å². The van der Waals surface area contributed by atoms with Gasteiger partial charge in [0.2, 0.25) is 5.91 Å². The Labute approximate surface area is 196 Å². The van der Waals surface area contributed by atoms with E-state index in [1.54, 1.807) is 17.8 Å². The summed E-state index contributed by atoms with van der Waals surface area (Å²) in [6, 6.07) is 25.8. The van der Waals surface area contributed by atoms with Crippen LogP contribution in [0.5, 0.6) is 0 Å². The first kappa shape index (κ1) is 21.5. The molecule has 2 aromatic heterocycles. The smallest absolute Gasteiger partial charge is 0.329 e. The minimum atomic E-state index is -0.206. The third-order valence-corrected chi connectivity index (χ3v) is 6.02. The van der Waals surface area contributed by atoms with Gasteiger partial charge in [0.1, 0.15) is 6.54 Å². The molecular formula is C27H25N5O2. The van der Waals surface area contributed by atoms with Crippen LogP contribution in [0.1, 0.15) is 11.1 Å². The SMILES string of the molecule is Cn1c(=O)n(CC(=O)NCc2ccccc2-c2ccc(Cn3cccn3)cc2)c2ccccc21. The first-order valence-electron chi connectivity index (χ1n) is 11.2. The molecule has 170 valence electrons. The Kier molecular flexibility index (Phi) is 5.82. The minimum absolute atomic E-state index is 0.0233. The second-order valence-electron chi connectivity index (χ2n) is 8.25. The molecule has 7 heteroatoms. The first-order chi connectivity index (χ1) is 16.6. The van der Waals surface area contributed by atoms with Crippen molar-refractivity contribution in [3.05, 3.63) is 113 Å². The fraction of sp³-hybridized carbons (Fsp3) is 0.148. The Bertz CT molecular complexity index is 1490. The van der Waals surface area contributed by atoms with E-state index >= 15 is 0 Å². The lowest BCUT2D eigenvalue weighted by Crippen LogP contribution is -2.32. The van der Waals surface area contributed by atoms with E-state index in [9.17, 15) is 9.59 Å². The molecule has 0 fully saturated rings. The van der Waals surface area contributed by atoms with E-state index in [1.165, 1.54) is 10.1 Å². The van der Waals surface area contributed by atoms with Crippen LogP contribution in [0.4, 0.5) is 0 Å². The van der Waals surface area contributed by atoms with Crippen LogP contribution < -0.4 is 11.0 Å². The van der Waals surface area contributed by atoms with Crippen LogP contribution in [0, 0.1) is 0 Å². The fourth-order valence-electron chi connectivity index (χ4n) is 4.24. The highest BCUT2D eigenvalue weighted by Gasteiger charge is 2.14. The second-order valence-corrected chi connectivity index (χ2v) is 8.25. The van der Waals surface area contributed by atoms with E-state index in [1.807, 2.05) is 59.4 Å². The highest BCUT2D eigenvalue weighted by Crippen LogP contribution is 2.24.